The topological polar surface area (TPSA) is 316 Å². The maximum atomic E-state index is 12.7. The molecule has 656 valence electrons. The minimum Gasteiger partial charge on any atom is -0.410 e. The van der Waals surface area contributed by atoms with Crippen molar-refractivity contribution in [1.29, 1.82) is 0 Å². The van der Waals surface area contributed by atoms with Crippen LogP contribution in [0, 0.1) is 0 Å². The molecule has 0 aliphatic rings. The molecule has 14 aromatic carbocycles. The Morgan fingerprint density at radius 3 is 0.705 bits per heavy atom. The van der Waals surface area contributed by atoms with Crippen LogP contribution in [-0.2, 0) is 26.2 Å². The SMILES string of the molecule is CN(Cc1cccc(-c2ccccc2)c1)C(=O)Oc1ccc(-c2ccc(C(N)=O)cc2)cc1.CN(Cc1cccc(-c2ccccc2)c1)C(=O)Oc1cccc(-c2ccc(C(N)=O)cc2)c1.CN(Cc1cccc(-c2ccncc2)c1)C(=O)Oc1ccc(-c2ccc(C(N)=O)cc2)cc1.CN(Cc1cccc(-c2ccncc2)c1)C(=O)Oc1cccc(-c2cccc(C(N)=O)c2)c1. The van der Waals surface area contributed by atoms with Gasteiger partial charge in [-0.15, -0.1) is 0 Å². The van der Waals surface area contributed by atoms with Crippen LogP contribution in [0.5, 0.6) is 23.0 Å². The Hall–Kier alpha value is -17.7. The number of benzene rings is 14. The summed E-state index contributed by atoms with van der Waals surface area (Å²) in [5.41, 5.74) is 42.9. The highest BCUT2D eigenvalue weighted by Crippen LogP contribution is 2.32. The molecule has 0 bridgehead atoms. The van der Waals surface area contributed by atoms with Gasteiger partial charge in [0.1, 0.15) is 23.0 Å². The monoisotopic (exact) mass is 1750 g/mol. The normalized spacial score (nSPS) is 10.5. The van der Waals surface area contributed by atoms with E-state index in [0.29, 0.717) is 71.4 Å². The number of ether oxygens (including phenoxy) is 4. The van der Waals surface area contributed by atoms with E-state index in [2.05, 4.69) is 64.6 Å². The van der Waals surface area contributed by atoms with Gasteiger partial charge in [0.05, 0.1) is 0 Å². The van der Waals surface area contributed by atoms with Crippen LogP contribution in [0.1, 0.15) is 63.7 Å². The van der Waals surface area contributed by atoms with Gasteiger partial charge in [-0.2, -0.15) is 0 Å². The fourth-order valence-electron chi connectivity index (χ4n) is 14.1. The van der Waals surface area contributed by atoms with Crippen molar-refractivity contribution in [3.8, 4) is 112 Å². The maximum Gasteiger partial charge on any atom is 0.415 e. The summed E-state index contributed by atoms with van der Waals surface area (Å²) < 4.78 is 22.2. The van der Waals surface area contributed by atoms with Crippen molar-refractivity contribution in [3.05, 3.63) is 445 Å². The van der Waals surface area contributed by atoms with Crippen molar-refractivity contribution < 1.29 is 57.3 Å². The van der Waals surface area contributed by atoms with Gasteiger partial charge in [0.25, 0.3) is 0 Å². The quantitative estimate of drug-likeness (QED) is 0.0437. The number of nitrogens with zero attached hydrogens (tertiary/aromatic N) is 6. The van der Waals surface area contributed by atoms with E-state index >= 15 is 0 Å². The molecule has 16 aromatic rings. The Morgan fingerprint density at radius 1 is 0.205 bits per heavy atom. The van der Waals surface area contributed by atoms with Crippen LogP contribution in [-0.4, -0.2) is 106 Å². The van der Waals surface area contributed by atoms with E-state index in [1.165, 1.54) is 9.80 Å². The Bertz CT molecular complexity index is 6480. The van der Waals surface area contributed by atoms with Crippen molar-refractivity contribution in [1.82, 2.24) is 29.6 Å². The zero-order valence-electron chi connectivity index (χ0n) is 72.8. The summed E-state index contributed by atoms with van der Waals surface area (Å²) in [7, 11) is 6.83. The highest BCUT2D eigenvalue weighted by atomic mass is 16.6. The van der Waals surface area contributed by atoms with E-state index in [1.54, 1.807) is 172 Å². The van der Waals surface area contributed by atoms with Crippen LogP contribution in [0.2, 0.25) is 0 Å². The highest BCUT2D eigenvalue weighted by Gasteiger charge is 2.20. The Balaban J connectivity index is 0.000000150. The Labute approximate surface area is 765 Å². The van der Waals surface area contributed by atoms with Crippen LogP contribution in [0.15, 0.2) is 401 Å². The van der Waals surface area contributed by atoms with Crippen LogP contribution in [0.3, 0.4) is 0 Å². The molecule has 0 saturated heterocycles. The van der Waals surface area contributed by atoms with E-state index in [9.17, 15) is 38.4 Å². The van der Waals surface area contributed by atoms with E-state index in [4.69, 9.17) is 41.9 Å². The molecule has 8 amide bonds. The third-order valence-corrected chi connectivity index (χ3v) is 21.1. The first kappa shape index (κ1) is 92.0. The van der Waals surface area contributed by atoms with Crippen molar-refractivity contribution >= 4 is 48.0 Å². The number of primary amides is 4. The van der Waals surface area contributed by atoms with Gasteiger partial charge < -0.3 is 61.5 Å². The van der Waals surface area contributed by atoms with E-state index < -0.39 is 48.0 Å². The number of carbonyl (C=O) groups is 8. The number of nitrogens with two attached hydrogens (primary N) is 4. The first-order valence-corrected chi connectivity index (χ1v) is 42.0. The predicted molar refractivity (Wildman–Crippen MR) is 515 cm³/mol. The number of hydrogen-bond donors (Lipinski definition) is 4. The highest BCUT2D eigenvalue weighted by molar-refractivity contribution is 5.96. The molecule has 0 spiro atoms. The molecule has 0 atom stereocenters. The molecule has 0 radical (unpaired) electrons. The Kier molecular flexibility index (Phi) is 31.4. The largest absolute Gasteiger partial charge is 0.415 e. The second kappa shape index (κ2) is 45.0. The van der Waals surface area contributed by atoms with Crippen molar-refractivity contribution in [2.75, 3.05) is 28.2 Å². The summed E-state index contributed by atoms with van der Waals surface area (Å²) in [5, 5.41) is 0. The lowest BCUT2D eigenvalue weighted by atomic mass is 10.0. The molecule has 22 nitrogen and oxygen atoms in total. The number of carbonyl (C=O) groups excluding carboxylic acids is 8. The van der Waals surface area contributed by atoms with Crippen LogP contribution >= 0.6 is 0 Å². The van der Waals surface area contributed by atoms with Gasteiger partial charge in [0.15, 0.2) is 0 Å². The van der Waals surface area contributed by atoms with Crippen molar-refractivity contribution in [3.63, 3.8) is 0 Å². The van der Waals surface area contributed by atoms with Gasteiger partial charge in [-0.3, -0.25) is 29.1 Å². The first-order chi connectivity index (χ1) is 64.0. The van der Waals surface area contributed by atoms with Gasteiger partial charge in [0, 0.05) is 101 Å². The molecule has 8 N–H and O–H groups in total. The zero-order chi connectivity index (χ0) is 92.8. The van der Waals surface area contributed by atoms with Crippen LogP contribution < -0.4 is 41.9 Å². The fraction of sp³-hybridized carbons (Fsp3) is 0.0727. The molecule has 2 heterocycles. The minimum absolute atomic E-state index is 0.401. The lowest BCUT2D eigenvalue weighted by Gasteiger charge is -2.18. The number of amides is 8. The lowest BCUT2D eigenvalue weighted by molar-refractivity contribution is 0.0992. The average molecular weight is 1750 g/mol. The molecule has 2 aromatic heterocycles. The third kappa shape index (κ3) is 26.2. The second-order valence-corrected chi connectivity index (χ2v) is 30.8. The summed E-state index contributed by atoms with van der Waals surface area (Å²) in [6.07, 6.45) is 5.24. The van der Waals surface area contributed by atoms with Gasteiger partial charge >= 0.3 is 24.4 Å². The number of aromatic nitrogens is 2. The molecule has 0 fully saturated rings. The van der Waals surface area contributed by atoms with E-state index in [0.717, 1.165) is 111 Å². The molecule has 0 unspecified atom stereocenters. The average Bonchev–Trinajstić information content (AvgIpc) is 0.891. The molecule has 16 rings (SSSR count). The van der Waals surface area contributed by atoms with Gasteiger partial charge in [0.2, 0.25) is 23.6 Å². The molecular formula is C110H94N10O12. The lowest BCUT2D eigenvalue weighted by Crippen LogP contribution is -2.29. The van der Waals surface area contributed by atoms with Gasteiger partial charge in [-0.05, 0) is 257 Å². The van der Waals surface area contributed by atoms with E-state index in [-0.39, 0.29) is 0 Å². The van der Waals surface area contributed by atoms with Crippen LogP contribution in [0.25, 0.3) is 89.0 Å². The van der Waals surface area contributed by atoms with Crippen LogP contribution in [0.4, 0.5) is 19.2 Å². The van der Waals surface area contributed by atoms with Crippen molar-refractivity contribution in [2.24, 2.45) is 22.9 Å². The molecule has 0 saturated carbocycles. The second-order valence-electron chi connectivity index (χ2n) is 30.8. The molecule has 0 aliphatic heterocycles. The number of pyridine rings is 2. The molecule has 132 heavy (non-hydrogen) atoms. The standard InChI is InChI=1S/2C28H24N2O3.2C27H23N3O3/c1-30(19-20-7-5-10-24(17-20)21-8-3-2-4-9-21)28(32)33-26-12-6-11-25(18-26)22-13-15-23(16-14-22)27(29)31;1-30(19-20-6-5-9-25(18-20)21-7-3-2-4-8-21)28(32)33-26-16-14-23(15-17-26)22-10-12-24(13-11-22)27(29)31;1-30(18-19-5-2-6-21(15-19)20-11-13-29-14-12-20)27(32)33-25-10-4-8-23(17-25)22-7-3-9-24(16-22)26(28)31;1-30(18-19-3-2-4-24(17-19)22-13-15-29-16-14-22)27(32)33-25-11-9-21(10-12-25)20-5-7-23(8-6-20)26(28)31/h2*2-18H,19H2,1H3,(H2,29,31);2*2-17H,18H2,1H3,(H2,28,31). The third-order valence-electron chi connectivity index (χ3n) is 21.1. The van der Waals surface area contributed by atoms with Crippen molar-refractivity contribution in [2.45, 2.75) is 26.2 Å². The smallest absolute Gasteiger partial charge is 0.410 e. The van der Waals surface area contributed by atoms with E-state index in [1.807, 2.05) is 212 Å². The maximum absolute atomic E-state index is 12.7. The molecule has 0 aliphatic carbocycles. The van der Waals surface area contributed by atoms with Gasteiger partial charge in [-0.1, -0.05) is 231 Å². The summed E-state index contributed by atoms with van der Waals surface area (Å²) >= 11 is 0. The summed E-state index contributed by atoms with van der Waals surface area (Å²) in [6, 6.07) is 117. The zero-order valence-corrected chi connectivity index (χ0v) is 72.8. The first-order valence-electron chi connectivity index (χ1n) is 42.0. The summed E-state index contributed by atoms with van der Waals surface area (Å²) in [5.74, 6) is -0.106. The summed E-state index contributed by atoms with van der Waals surface area (Å²) in [6.45, 7) is 1.68. The molecular weight excluding hydrogens is 1650 g/mol. The Morgan fingerprint density at radius 2 is 0.417 bits per heavy atom. The number of hydrogen-bond acceptors (Lipinski definition) is 14. The molecule has 22 heteroatoms. The summed E-state index contributed by atoms with van der Waals surface area (Å²) in [4.78, 5) is 110. The fourth-order valence-corrected chi connectivity index (χ4v) is 14.1. The minimum atomic E-state index is -0.492. The predicted octanol–water partition coefficient (Wildman–Crippen LogP) is 21.8. The number of rotatable bonds is 24. The van der Waals surface area contributed by atoms with Gasteiger partial charge in [-0.25, -0.2) is 19.2 Å².